The summed E-state index contributed by atoms with van der Waals surface area (Å²) in [5.74, 6) is -7.39. The molecular weight excluding hydrogens is 446 g/mol. The van der Waals surface area contributed by atoms with Crippen LogP contribution in [0.3, 0.4) is 0 Å². The summed E-state index contributed by atoms with van der Waals surface area (Å²) in [5, 5.41) is 9.96. The molecule has 2 aliphatic heterocycles. The molecule has 1 amide bonds. The second-order valence-corrected chi connectivity index (χ2v) is 6.89. The van der Waals surface area contributed by atoms with Gasteiger partial charge in [-0.15, -0.1) is 8.78 Å². The molecule has 6 nitrogen and oxygen atoms in total. The number of benzene rings is 1. The fourth-order valence-corrected chi connectivity index (χ4v) is 3.30. The zero-order chi connectivity index (χ0) is 22.4. The van der Waals surface area contributed by atoms with E-state index in [1.807, 2.05) is 0 Å². The van der Waals surface area contributed by atoms with Crippen molar-refractivity contribution in [3.05, 3.63) is 47.3 Å². The second kappa shape index (κ2) is 7.58. The number of amides is 1. The minimum absolute atomic E-state index is 0.171. The van der Waals surface area contributed by atoms with Gasteiger partial charge in [-0.1, -0.05) is 0 Å². The lowest BCUT2D eigenvalue weighted by Gasteiger charge is -2.32. The summed E-state index contributed by atoms with van der Waals surface area (Å²) in [5.41, 5.74) is -0.632. The number of hydrogen-bond acceptors (Lipinski definition) is 5. The van der Waals surface area contributed by atoms with Crippen LogP contribution in [0.1, 0.15) is 6.42 Å². The predicted molar refractivity (Wildman–Crippen MR) is 91.1 cm³/mol. The van der Waals surface area contributed by atoms with E-state index in [0.717, 1.165) is 12.1 Å². The van der Waals surface area contributed by atoms with Crippen molar-refractivity contribution in [1.82, 2.24) is 0 Å². The lowest BCUT2D eigenvalue weighted by atomic mass is 10.0. The van der Waals surface area contributed by atoms with E-state index in [-0.39, 0.29) is 24.4 Å². The smallest absolute Gasteiger partial charge is 0.426 e. The molecular formula is C17H13ClF6N2O4. The molecule has 0 bridgehead atoms. The van der Waals surface area contributed by atoms with Crippen LogP contribution in [0.2, 0.25) is 0 Å². The summed E-state index contributed by atoms with van der Waals surface area (Å²) in [6.45, 7) is -0.194. The number of rotatable bonds is 5. The Balaban J connectivity index is 1.98. The number of carbonyl (C=O) groups is 1. The molecule has 2 heterocycles. The molecule has 1 aromatic rings. The molecule has 13 heteroatoms. The van der Waals surface area contributed by atoms with Gasteiger partial charge in [0.05, 0.1) is 12.1 Å². The quantitative estimate of drug-likeness (QED) is 0.522. The van der Waals surface area contributed by atoms with Gasteiger partial charge in [0.2, 0.25) is 5.83 Å². The third-order valence-corrected chi connectivity index (χ3v) is 4.46. The van der Waals surface area contributed by atoms with Crippen molar-refractivity contribution in [1.29, 1.82) is 0 Å². The molecule has 1 saturated heterocycles. The average Bonchev–Trinajstić information content (AvgIpc) is 2.99. The minimum atomic E-state index is -4.65. The van der Waals surface area contributed by atoms with Gasteiger partial charge in [-0.25, -0.2) is 4.39 Å². The fraction of sp³-hybridized carbons (Fsp3) is 0.353. The molecule has 2 aliphatic rings. The highest BCUT2D eigenvalue weighted by atomic mass is 35.5. The van der Waals surface area contributed by atoms with E-state index < -0.39 is 52.7 Å². The summed E-state index contributed by atoms with van der Waals surface area (Å²) in [6, 6.07) is 3.20. The number of ether oxygens (including phenoxy) is 2. The first-order valence-electron chi connectivity index (χ1n) is 8.27. The average molecular weight is 459 g/mol. The number of anilines is 1. The molecule has 0 radical (unpaired) electrons. The van der Waals surface area contributed by atoms with E-state index in [9.17, 15) is 36.2 Å². The van der Waals surface area contributed by atoms with Crippen molar-refractivity contribution < 1.29 is 45.7 Å². The molecule has 0 spiro atoms. The van der Waals surface area contributed by atoms with Crippen molar-refractivity contribution in [3.63, 3.8) is 0 Å². The Morgan fingerprint density at radius 2 is 1.90 bits per heavy atom. The van der Waals surface area contributed by atoms with Crippen molar-refractivity contribution >= 4 is 23.2 Å². The number of hydrogen-bond donors (Lipinski definition) is 2. The zero-order valence-electron chi connectivity index (χ0n) is 14.7. The van der Waals surface area contributed by atoms with E-state index in [4.69, 9.17) is 5.73 Å². The summed E-state index contributed by atoms with van der Waals surface area (Å²) in [6.07, 6.45) is -6.11. The van der Waals surface area contributed by atoms with Gasteiger partial charge >= 0.3 is 11.7 Å². The second-order valence-electron chi connectivity index (χ2n) is 6.45. The third-order valence-electron chi connectivity index (χ3n) is 4.38. The van der Waals surface area contributed by atoms with E-state index in [1.54, 1.807) is 0 Å². The van der Waals surface area contributed by atoms with Gasteiger partial charge in [-0.05, 0) is 24.3 Å². The molecule has 1 fully saturated rings. The maximum Gasteiger partial charge on any atom is 0.487 e. The van der Waals surface area contributed by atoms with Crippen molar-refractivity contribution in [2.24, 2.45) is 5.73 Å². The first-order valence-corrected chi connectivity index (χ1v) is 8.65. The Labute approximate surface area is 170 Å². The number of aliphatic hydroxyl groups is 1. The lowest BCUT2D eigenvalue weighted by molar-refractivity contribution is -0.203. The summed E-state index contributed by atoms with van der Waals surface area (Å²) in [4.78, 5) is 12.5. The van der Waals surface area contributed by atoms with Gasteiger partial charge in [-0.2, -0.15) is 13.2 Å². The number of alkyl halides is 5. The van der Waals surface area contributed by atoms with Crippen molar-refractivity contribution in [3.8, 4) is 5.75 Å². The highest BCUT2D eigenvalue weighted by molar-refractivity contribution is 6.20. The highest BCUT2D eigenvalue weighted by Crippen LogP contribution is 2.44. The topological polar surface area (TPSA) is 85.0 Å². The Morgan fingerprint density at radius 3 is 2.43 bits per heavy atom. The number of primary amides is 1. The summed E-state index contributed by atoms with van der Waals surface area (Å²) in [7, 11) is 0. The highest BCUT2D eigenvalue weighted by Gasteiger charge is 2.51. The SMILES string of the molecule is NC(=O)C1=C(F)C(F)(F)OC(C2C[C@@H](O)CN2c2ccc(OC(F)(F)Cl)cc2)=C1F. The van der Waals surface area contributed by atoms with Crippen LogP contribution in [0, 0.1) is 0 Å². The molecule has 1 unspecified atom stereocenters. The number of carbonyl (C=O) groups excluding carboxylic acids is 1. The normalized spacial score (nSPS) is 24.2. The zero-order valence-corrected chi connectivity index (χ0v) is 15.5. The standard InChI is InChI=1S/C17H13ClF6N2O4/c18-17(23,24)29-9-3-1-7(2-4-9)26-6-8(27)5-10(26)13-12(19)11(15(25)28)14(20)16(21,22)30-13/h1-4,8,10,27H,5-6H2,(H2,25,28)/t8-,10?/m1/s1. The molecule has 3 N–H and O–H groups in total. The van der Waals surface area contributed by atoms with Crippen LogP contribution >= 0.6 is 11.6 Å². The largest absolute Gasteiger partial charge is 0.487 e. The van der Waals surface area contributed by atoms with Crippen molar-refractivity contribution in [2.45, 2.75) is 30.2 Å². The Kier molecular flexibility index (Phi) is 5.58. The van der Waals surface area contributed by atoms with Gasteiger partial charge in [-0.3, -0.25) is 4.79 Å². The van der Waals surface area contributed by atoms with E-state index in [2.05, 4.69) is 21.1 Å². The van der Waals surface area contributed by atoms with Gasteiger partial charge in [0, 0.05) is 30.3 Å². The molecule has 30 heavy (non-hydrogen) atoms. The summed E-state index contributed by atoms with van der Waals surface area (Å²) >= 11 is 4.67. The van der Waals surface area contributed by atoms with Crippen LogP contribution in [0.5, 0.6) is 5.75 Å². The molecule has 0 aliphatic carbocycles. The first kappa shape index (κ1) is 22.1. The van der Waals surface area contributed by atoms with E-state index in [1.165, 1.54) is 17.0 Å². The molecule has 164 valence electrons. The molecule has 0 saturated carbocycles. The van der Waals surface area contributed by atoms with Crippen LogP contribution in [-0.4, -0.2) is 41.4 Å². The maximum atomic E-state index is 14.7. The summed E-state index contributed by atoms with van der Waals surface area (Å²) < 4.78 is 89.9. The number of halogens is 7. The molecule has 0 aromatic heterocycles. The van der Waals surface area contributed by atoms with Gasteiger partial charge in [0.1, 0.15) is 11.3 Å². The number of nitrogens with two attached hydrogens (primary N) is 1. The molecule has 3 rings (SSSR count). The Hall–Kier alpha value is -2.60. The Bertz CT molecular complexity index is 916. The van der Waals surface area contributed by atoms with Gasteiger partial charge in [0.15, 0.2) is 11.6 Å². The fourth-order valence-electron chi connectivity index (χ4n) is 3.21. The third kappa shape index (κ3) is 4.29. The Morgan fingerprint density at radius 1 is 1.30 bits per heavy atom. The van der Waals surface area contributed by atoms with E-state index in [0.29, 0.717) is 0 Å². The number of β-amino-alcohol motifs (C(OH)–C–C–N with tert-alkyl or cyclic N) is 1. The number of nitrogens with zero attached hydrogens (tertiary/aromatic N) is 1. The number of aliphatic hydroxyl groups excluding tert-OH is 1. The monoisotopic (exact) mass is 458 g/mol. The van der Waals surface area contributed by atoms with Crippen LogP contribution < -0.4 is 15.4 Å². The molecule has 2 atom stereocenters. The maximum absolute atomic E-state index is 14.7. The first-order chi connectivity index (χ1) is 13.8. The van der Waals surface area contributed by atoms with Gasteiger partial charge < -0.3 is 25.2 Å². The predicted octanol–water partition coefficient (Wildman–Crippen LogP) is 3.31. The van der Waals surface area contributed by atoms with Crippen molar-refractivity contribution in [2.75, 3.05) is 11.4 Å². The minimum Gasteiger partial charge on any atom is -0.426 e. The van der Waals surface area contributed by atoms with Crippen LogP contribution in [0.15, 0.2) is 47.3 Å². The lowest BCUT2D eigenvalue weighted by Crippen LogP contribution is -2.39. The van der Waals surface area contributed by atoms with Gasteiger partial charge in [0.25, 0.3) is 5.91 Å². The van der Waals surface area contributed by atoms with Crippen LogP contribution in [-0.2, 0) is 9.53 Å². The molecule has 1 aromatic carbocycles. The van der Waals surface area contributed by atoms with E-state index >= 15 is 0 Å². The van der Waals surface area contributed by atoms with Crippen LogP contribution in [0.4, 0.5) is 32.0 Å². The van der Waals surface area contributed by atoms with Crippen LogP contribution in [0.25, 0.3) is 0 Å².